The zero-order valence-corrected chi connectivity index (χ0v) is 24.3. The van der Waals surface area contributed by atoms with E-state index >= 15 is 0 Å². The molecular formula is C25H32N8O5S2. The highest BCUT2D eigenvalue weighted by atomic mass is 32.2. The molecule has 0 unspecified atom stereocenters. The van der Waals surface area contributed by atoms with Crippen molar-refractivity contribution in [2.45, 2.75) is 39.5 Å². The summed E-state index contributed by atoms with van der Waals surface area (Å²) in [4.78, 5) is 40.0. The van der Waals surface area contributed by atoms with Crippen LogP contribution in [-0.2, 0) is 26.1 Å². The monoisotopic (exact) mass is 588 g/mol. The molecule has 0 saturated carbocycles. The van der Waals surface area contributed by atoms with Crippen LogP contribution in [0.3, 0.4) is 0 Å². The minimum absolute atomic E-state index is 0.100. The highest BCUT2D eigenvalue weighted by Crippen LogP contribution is 2.27. The third-order valence-corrected chi connectivity index (χ3v) is 8.67. The molecule has 40 heavy (non-hydrogen) atoms. The quantitative estimate of drug-likeness (QED) is 0.243. The summed E-state index contributed by atoms with van der Waals surface area (Å²) in [5.74, 6) is 0.754. The first-order valence-corrected chi connectivity index (χ1v) is 15.1. The summed E-state index contributed by atoms with van der Waals surface area (Å²) in [7, 11) is -3.43. The molecule has 1 aliphatic rings. The summed E-state index contributed by atoms with van der Waals surface area (Å²) in [6.45, 7) is 8.60. The average Bonchev–Trinajstić information content (AvgIpc) is 3.27. The molecule has 1 fully saturated rings. The fraction of sp³-hybridized carbons (Fsp3) is 0.400. The highest BCUT2D eigenvalue weighted by Gasteiger charge is 2.21. The second-order valence-corrected chi connectivity index (χ2v) is 12.5. The second kappa shape index (κ2) is 12.5. The Kier molecular flexibility index (Phi) is 9.04. The van der Waals surface area contributed by atoms with Gasteiger partial charge in [-0.05, 0) is 45.4 Å². The van der Waals surface area contributed by atoms with Gasteiger partial charge in [0.1, 0.15) is 16.5 Å². The Hall–Kier alpha value is -3.98. The van der Waals surface area contributed by atoms with Gasteiger partial charge in [0.2, 0.25) is 21.9 Å². The van der Waals surface area contributed by atoms with Crippen LogP contribution < -0.4 is 25.6 Å². The number of nitrogens with one attached hydrogen (secondary N) is 4. The number of amides is 1. The van der Waals surface area contributed by atoms with Crippen molar-refractivity contribution in [3.05, 3.63) is 46.5 Å². The van der Waals surface area contributed by atoms with Crippen molar-refractivity contribution < 1.29 is 22.7 Å². The van der Waals surface area contributed by atoms with Crippen molar-refractivity contribution in [3.8, 4) is 0 Å². The maximum Gasteiger partial charge on any atom is 0.350 e. The summed E-state index contributed by atoms with van der Waals surface area (Å²) in [5, 5.41) is 9.03. The molecule has 13 nitrogen and oxygen atoms in total. The van der Waals surface area contributed by atoms with Crippen LogP contribution in [0.4, 0.5) is 28.4 Å². The predicted octanol–water partition coefficient (Wildman–Crippen LogP) is 2.86. The number of nitrogens with zero attached hydrogens (tertiary/aromatic N) is 4. The van der Waals surface area contributed by atoms with Crippen molar-refractivity contribution in [3.63, 3.8) is 0 Å². The third kappa shape index (κ3) is 7.35. The summed E-state index contributed by atoms with van der Waals surface area (Å²) in [6, 6.07) is 8.79. The Bertz CT molecular complexity index is 1470. The molecule has 1 amide bonds. The van der Waals surface area contributed by atoms with Gasteiger partial charge in [0.15, 0.2) is 5.13 Å². The number of ether oxygens (including phenoxy) is 1. The highest BCUT2D eigenvalue weighted by molar-refractivity contribution is 7.93. The first-order valence-electron chi connectivity index (χ1n) is 12.7. The average molecular weight is 589 g/mol. The van der Waals surface area contributed by atoms with E-state index in [-0.39, 0.29) is 25.0 Å². The van der Waals surface area contributed by atoms with Crippen LogP contribution in [0.5, 0.6) is 0 Å². The van der Waals surface area contributed by atoms with E-state index < -0.39 is 21.2 Å². The molecule has 3 heterocycles. The molecule has 3 aromatic rings. The first kappa shape index (κ1) is 29.0. The second-order valence-electron chi connectivity index (χ2n) is 9.23. The van der Waals surface area contributed by atoms with Crippen LogP contribution in [0.25, 0.3) is 0 Å². The van der Waals surface area contributed by atoms with Gasteiger partial charge in [-0.3, -0.25) is 14.8 Å². The van der Waals surface area contributed by atoms with Gasteiger partial charge in [-0.15, -0.1) is 0 Å². The molecule has 15 heteroatoms. The van der Waals surface area contributed by atoms with E-state index in [0.29, 0.717) is 52.7 Å². The lowest BCUT2D eigenvalue weighted by molar-refractivity contribution is -0.120. The standard InChI is InChI=1S/C25H32N8O5S2/c1-5-38-23(35)22-16(4)28-25(39-22)31-24-29-19(12-20(30-24)33-11-10-26-21(34)14-33)27-13-17-6-8-18(9-7-17)32-40(36,37)15(2)3/h6-9,12,15,32H,5,10-11,13-14H2,1-4H3,(H,26,34)(H2,27,28,29,30,31). The number of benzene rings is 1. The van der Waals surface area contributed by atoms with Crippen molar-refractivity contribution in [2.75, 3.05) is 46.5 Å². The van der Waals surface area contributed by atoms with E-state index in [2.05, 4.69) is 35.6 Å². The number of thiazole rings is 1. The van der Waals surface area contributed by atoms with E-state index in [1.54, 1.807) is 45.9 Å². The zero-order chi connectivity index (χ0) is 28.9. The maximum absolute atomic E-state index is 12.2. The Morgan fingerprint density at radius 2 is 1.95 bits per heavy atom. The number of hydrogen-bond acceptors (Lipinski definition) is 12. The van der Waals surface area contributed by atoms with Crippen molar-refractivity contribution in [1.82, 2.24) is 20.3 Å². The van der Waals surface area contributed by atoms with E-state index in [4.69, 9.17) is 4.74 Å². The van der Waals surface area contributed by atoms with Gasteiger partial charge in [-0.25, -0.2) is 18.2 Å². The van der Waals surface area contributed by atoms with Crippen molar-refractivity contribution in [1.29, 1.82) is 0 Å². The number of aromatic nitrogens is 3. The molecule has 0 aliphatic carbocycles. The van der Waals surface area contributed by atoms with E-state index in [0.717, 1.165) is 16.9 Å². The van der Waals surface area contributed by atoms with Crippen LogP contribution in [0, 0.1) is 6.92 Å². The lowest BCUT2D eigenvalue weighted by atomic mass is 10.2. The van der Waals surface area contributed by atoms with Gasteiger partial charge in [-0.2, -0.15) is 9.97 Å². The molecule has 1 saturated heterocycles. The third-order valence-electron chi connectivity index (χ3n) is 5.86. The molecule has 0 atom stereocenters. The molecule has 0 radical (unpaired) electrons. The van der Waals surface area contributed by atoms with Gasteiger partial charge < -0.3 is 20.3 Å². The summed E-state index contributed by atoms with van der Waals surface area (Å²) in [5.41, 5.74) is 1.92. The summed E-state index contributed by atoms with van der Waals surface area (Å²) < 4.78 is 31.9. The number of aryl methyl sites for hydroxylation is 1. The molecule has 2 aromatic heterocycles. The van der Waals surface area contributed by atoms with Gasteiger partial charge in [0.25, 0.3) is 0 Å². The Balaban J connectivity index is 1.53. The van der Waals surface area contributed by atoms with Crippen LogP contribution in [0.1, 0.15) is 41.7 Å². The Labute approximate surface area is 236 Å². The minimum atomic E-state index is -3.43. The minimum Gasteiger partial charge on any atom is -0.462 e. The number of piperazine rings is 1. The fourth-order valence-electron chi connectivity index (χ4n) is 3.67. The molecule has 214 valence electrons. The van der Waals surface area contributed by atoms with Crippen molar-refractivity contribution >= 4 is 61.6 Å². The number of rotatable bonds is 11. The number of sulfonamides is 1. The van der Waals surface area contributed by atoms with Crippen LogP contribution in [0.15, 0.2) is 30.3 Å². The number of carbonyl (C=O) groups excluding carboxylic acids is 2. The molecular weight excluding hydrogens is 556 g/mol. The van der Waals surface area contributed by atoms with Crippen molar-refractivity contribution in [2.24, 2.45) is 0 Å². The van der Waals surface area contributed by atoms with Crippen LogP contribution in [0.2, 0.25) is 0 Å². The summed E-state index contributed by atoms with van der Waals surface area (Å²) in [6.07, 6.45) is 0. The number of hydrogen-bond donors (Lipinski definition) is 4. The Morgan fingerprint density at radius 3 is 2.62 bits per heavy atom. The first-order chi connectivity index (χ1) is 19.0. The SMILES string of the molecule is CCOC(=O)c1sc(Nc2nc(NCc3ccc(NS(=O)(=O)C(C)C)cc3)cc(N3CCNC(=O)C3)n2)nc1C. The largest absolute Gasteiger partial charge is 0.462 e. The fourth-order valence-corrected chi connectivity index (χ4v) is 5.23. The van der Waals surface area contributed by atoms with Crippen LogP contribution in [-0.4, -0.2) is 66.7 Å². The van der Waals surface area contributed by atoms with E-state index in [9.17, 15) is 18.0 Å². The van der Waals surface area contributed by atoms with Crippen LogP contribution >= 0.6 is 11.3 Å². The molecule has 0 bridgehead atoms. The molecule has 0 spiro atoms. The number of anilines is 5. The number of esters is 1. The smallest absolute Gasteiger partial charge is 0.350 e. The molecule has 1 aromatic carbocycles. The van der Waals surface area contributed by atoms with E-state index in [1.165, 1.54) is 0 Å². The van der Waals surface area contributed by atoms with E-state index in [1.807, 2.05) is 17.0 Å². The van der Waals surface area contributed by atoms with Gasteiger partial charge in [-0.1, -0.05) is 23.5 Å². The maximum atomic E-state index is 12.2. The number of carbonyl (C=O) groups is 2. The molecule has 4 rings (SSSR count). The zero-order valence-electron chi connectivity index (χ0n) is 22.6. The lowest BCUT2D eigenvalue weighted by Crippen LogP contribution is -2.48. The van der Waals surface area contributed by atoms with Gasteiger partial charge in [0.05, 0.1) is 24.1 Å². The van der Waals surface area contributed by atoms with Gasteiger partial charge >= 0.3 is 5.97 Å². The topological polar surface area (TPSA) is 168 Å². The van der Waals surface area contributed by atoms with Gasteiger partial charge in [0, 0.05) is 31.4 Å². The summed E-state index contributed by atoms with van der Waals surface area (Å²) >= 11 is 1.14. The Morgan fingerprint density at radius 1 is 1.20 bits per heavy atom. The predicted molar refractivity (Wildman–Crippen MR) is 155 cm³/mol. The normalized spacial score (nSPS) is 13.6. The molecule has 1 aliphatic heterocycles. The lowest BCUT2D eigenvalue weighted by Gasteiger charge is -2.28. The molecule has 4 N–H and O–H groups in total.